The van der Waals surface area contributed by atoms with E-state index in [1.165, 1.54) is 0 Å². The van der Waals surface area contributed by atoms with Crippen LogP contribution in [0.4, 0.5) is 5.69 Å². The summed E-state index contributed by atoms with van der Waals surface area (Å²) in [4.78, 5) is 54.3. The molecule has 2 aromatic carbocycles. The lowest BCUT2D eigenvalue weighted by atomic mass is 9.99. The molecule has 11 nitrogen and oxygen atoms in total. The van der Waals surface area contributed by atoms with Crippen LogP contribution in [0.5, 0.6) is 5.75 Å². The largest absolute Gasteiger partial charge is 0.519 e. The number of anilines is 1. The molecule has 0 saturated carbocycles. The van der Waals surface area contributed by atoms with Crippen molar-refractivity contribution in [3.05, 3.63) is 70.0 Å². The number of carbonyl (C=O) groups is 3. The van der Waals surface area contributed by atoms with Crippen LogP contribution in [-0.2, 0) is 16.1 Å². The van der Waals surface area contributed by atoms with Crippen LogP contribution in [0.25, 0.3) is 11.3 Å². The van der Waals surface area contributed by atoms with Crippen LogP contribution in [0.3, 0.4) is 0 Å². The van der Waals surface area contributed by atoms with E-state index in [0.717, 1.165) is 30.5 Å². The van der Waals surface area contributed by atoms with Gasteiger partial charge in [0.2, 0.25) is 5.91 Å². The van der Waals surface area contributed by atoms with Gasteiger partial charge in [-0.15, -0.1) is 0 Å². The highest BCUT2D eigenvalue weighted by Crippen LogP contribution is 2.39. The zero-order valence-corrected chi connectivity index (χ0v) is 25.0. The summed E-state index contributed by atoms with van der Waals surface area (Å²) in [6, 6.07) is 12.7. The molecule has 0 unspecified atom stereocenters. The average Bonchev–Trinajstić information content (AvgIpc) is 3.34. The van der Waals surface area contributed by atoms with Crippen molar-refractivity contribution in [2.45, 2.75) is 65.1 Å². The number of carbonyl (C=O) groups excluding carboxylic acids is 3. The molecule has 2 aliphatic rings. The van der Waals surface area contributed by atoms with E-state index in [4.69, 9.17) is 13.6 Å². The summed E-state index contributed by atoms with van der Waals surface area (Å²) in [7, 11) is 0. The molecule has 43 heavy (non-hydrogen) atoms. The minimum Gasteiger partial charge on any atom is -0.476 e. The van der Waals surface area contributed by atoms with Crippen molar-refractivity contribution in [1.29, 1.82) is 0 Å². The Hall–Kier alpha value is -4.38. The number of rotatable bonds is 9. The molecule has 1 saturated heterocycles. The van der Waals surface area contributed by atoms with Crippen LogP contribution >= 0.6 is 0 Å². The second kappa shape index (κ2) is 12.5. The maximum atomic E-state index is 13.6. The number of nitrogens with zero attached hydrogens (tertiary/aromatic N) is 2. The van der Waals surface area contributed by atoms with Gasteiger partial charge in [0, 0.05) is 43.2 Å². The minimum atomic E-state index is -1.09. The van der Waals surface area contributed by atoms with Gasteiger partial charge in [-0.3, -0.25) is 19.3 Å². The predicted molar refractivity (Wildman–Crippen MR) is 160 cm³/mol. The number of benzene rings is 2. The van der Waals surface area contributed by atoms with Gasteiger partial charge in [0.25, 0.3) is 11.8 Å². The Morgan fingerprint density at radius 3 is 2.60 bits per heavy atom. The SMILES string of the molecule is CCC(=O)NCCN1C(=O)C(C)(C)Oc2cc(C)c(C(=O)N[C@@H]3CCCN(Cc4oc(=O)oc4-c4ccccc4)C3)cc21. The normalized spacial score (nSPS) is 18.1. The zero-order chi connectivity index (χ0) is 30.7. The predicted octanol–water partition coefficient (Wildman–Crippen LogP) is 3.63. The highest BCUT2D eigenvalue weighted by atomic mass is 16.6. The van der Waals surface area contributed by atoms with Crippen molar-refractivity contribution in [2.24, 2.45) is 0 Å². The summed E-state index contributed by atoms with van der Waals surface area (Å²) in [5, 5.41) is 5.97. The monoisotopic (exact) mass is 590 g/mol. The fourth-order valence-electron chi connectivity index (χ4n) is 5.62. The van der Waals surface area contributed by atoms with Crippen molar-refractivity contribution in [2.75, 3.05) is 31.1 Å². The van der Waals surface area contributed by atoms with Crippen molar-refractivity contribution in [3.63, 3.8) is 0 Å². The highest BCUT2D eigenvalue weighted by Gasteiger charge is 2.41. The topological polar surface area (TPSA) is 134 Å². The number of fused-ring (bicyclic) bond motifs is 1. The third-order valence-corrected chi connectivity index (χ3v) is 7.83. The standard InChI is InChI=1S/C32H38N4O7/c1-5-27(37)33-13-15-36-24-17-23(20(2)16-25(24)43-32(3,4)30(36)39)29(38)34-22-12-9-14-35(18-22)19-26-28(42-31(40)41-26)21-10-7-6-8-11-21/h6-8,10-11,16-17,22H,5,9,12-15,18-19H2,1-4H3,(H,33,37)(H,34,38)/t22-/m1/s1. The van der Waals surface area contributed by atoms with E-state index >= 15 is 0 Å². The van der Waals surface area contributed by atoms with Gasteiger partial charge in [-0.05, 0) is 57.9 Å². The molecule has 0 radical (unpaired) electrons. The lowest BCUT2D eigenvalue weighted by molar-refractivity contribution is -0.132. The number of likely N-dealkylation sites (tertiary alicyclic amines) is 1. The number of nitrogens with one attached hydrogen (secondary N) is 2. The zero-order valence-electron chi connectivity index (χ0n) is 25.0. The minimum absolute atomic E-state index is 0.100. The smallest absolute Gasteiger partial charge is 0.476 e. The van der Waals surface area contributed by atoms with E-state index in [9.17, 15) is 19.2 Å². The van der Waals surface area contributed by atoms with Gasteiger partial charge in [-0.2, -0.15) is 0 Å². The first-order valence-electron chi connectivity index (χ1n) is 14.7. The van der Waals surface area contributed by atoms with Crippen LogP contribution in [0.15, 0.2) is 56.1 Å². The van der Waals surface area contributed by atoms with Gasteiger partial charge in [0.15, 0.2) is 17.1 Å². The second-order valence-corrected chi connectivity index (χ2v) is 11.5. The second-order valence-electron chi connectivity index (χ2n) is 11.5. The number of ether oxygens (including phenoxy) is 1. The first-order chi connectivity index (χ1) is 20.6. The maximum absolute atomic E-state index is 13.6. The number of hydrogen-bond donors (Lipinski definition) is 2. The van der Waals surface area contributed by atoms with Crippen LogP contribution in [0, 0.1) is 6.92 Å². The Morgan fingerprint density at radius 2 is 1.86 bits per heavy atom. The molecule has 3 heterocycles. The Kier molecular flexibility index (Phi) is 8.72. The summed E-state index contributed by atoms with van der Waals surface area (Å²) < 4.78 is 16.8. The lowest BCUT2D eigenvalue weighted by Crippen LogP contribution is -2.54. The fourth-order valence-corrected chi connectivity index (χ4v) is 5.62. The quantitative estimate of drug-likeness (QED) is 0.386. The molecule has 3 amide bonds. The number of amides is 3. The fraction of sp³-hybridized carbons (Fsp3) is 0.438. The molecule has 1 aromatic heterocycles. The molecule has 0 bridgehead atoms. The van der Waals surface area contributed by atoms with Gasteiger partial charge in [0.1, 0.15) is 5.75 Å². The molecule has 0 aliphatic carbocycles. The summed E-state index contributed by atoms with van der Waals surface area (Å²) >= 11 is 0. The van der Waals surface area contributed by atoms with E-state index in [2.05, 4.69) is 15.5 Å². The van der Waals surface area contributed by atoms with E-state index in [1.807, 2.05) is 37.3 Å². The molecule has 1 atom stereocenters. The number of hydrogen-bond acceptors (Lipinski definition) is 8. The van der Waals surface area contributed by atoms with Gasteiger partial charge in [-0.1, -0.05) is 37.3 Å². The Morgan fingerprint density at radius 1 is 1.09 bits per heavy atom. The highest BCUT2D eigenvalue weighted by molar-refractivity contribution is 6.05. The lowest BCUT2D eigenvalue weighted by Gasteiger charge is -2.39. The molecule has 2 aliphatic heterocycles. The summed E-state index contributed by atoms with van der Waals surface area (Å²) in [5.41, 5.74) is 1.35. The van der Waals surface area contributed by atoms with Gasteiger partial charge < -0.3 is 29.1 Å². The van der Waals surface area contributed by atoms with Crippen LogP contribution in [0.2, 0.25) is 0 Å². The van der Waals surface area contributed by atoms with E-state index < -0.39 is 11.4 Å². The first kappa shape index (κ1) is 30.1. The maximum Gasteiger partial charge on any atom is 0.519 e. The Balaban J connectivity index is 1.30. The van der Waals surface area contributed by atoms with Crippen molar-refractivity contribution < 1.29 is 28.0 Å². The van der Waals surface area contributed by atoms with Crippen molar-refractivity contribution in [1.82, 2.24) is 15.5 Å². The van der Waals surface area contributed by atoms with Gasteiger partial charge in [-0.25, -0.2) is 4.79 Å². The number of aryl methyl sites for hydroxylation is 1. The molecule has 0 spiro atoms. The first-order valence-corrected chi connectivity index (χ1v) is 14.7. The third-order valence-electron chi connectivity index (χ3n) is 7.83. The van der Waals surface area contributed by atoms with E-state index in [1.54, 1.807) is 37.8 Å². The van der Waals surface area contributed by atoms with Crippen LogP contribution < -0.4 is 26.1 Å². The molecule has 1 fully saturated rings. The van der Waals surface area contributed by atoms with E-state index in [-0.39, 0.29) is 36.9 Å². The van der Waals surface area contributed by atoms with Crippen LogP contribution in [-0.4, -0.2) is 60.4 Å². The van der Waals surface area contributed by atoms with Crippen LogP contribution in [0.1, 0.15) is 61.7 Å². The molecule has 5 rings (SSSR count). The van der Waals surface area contributed by atoms with Gasteiger partial charge >= 0.3 is 5.82 Å². The van der Waals surface area contributed by atoms with Crippen molar-refractivity contribution >= 4 is 23.4 Å². The summed E-state index contributed by atoms with van der Waals surface area (Å²) in [6.07, 6.45) is 2.00. The third kappa shape index (κ3) is 6.67. The number of piperidine rings is 1. The molecule has 11 heteroatoms. The molecule has 3 aromatic rings. The molecular weight excluding hydrogens is 552 g/mol. The Bertz CT molecular complexity index is 1560. The van der Waals surface area contributed by atoms with Gasteiger partial charge in [0.05, 0.1) is 12.2 Å². The average molecular weight is 591 g/mol. The van der Waals surface area contributed by atoms with E-state index in [0.29, 0.717) is 48.0 Å². The summed E-state index contributed by atoms with van der Waals surface area (Å²) in [6.45, 7) is 9.28. The Labute approximate surface area is 250 Å². The molecule has 228 valence electrons. The molecule has 2 N–H and O–H groups in total. The summed E-state index contributed by atoms with van der Waals surface area (Å²) in [5.74, 6) is 0.0492. The van der Waals surface area contributed by atoms with Crippen molar-refractivity contribution in [3.8, 4) is 17.1 Å². The molecular formula is C32H38N4O7.